The van der Waals surface area contributed by atoms with Crippen LogP contribution in [0.1, 0.15) is 0 Å². The summed E-state index contributed by atoms with van der Waals surface area (Å²) in [5.41, 5.74) is 0. The zero-order valence-corrected chi connectivity index (χ0v) is 4.59. The van der Waals surface area contributed by atoms with E-state index < -0.39 is 11.1 Å². The molecule has 34 valence electrons. The van der Waals surface area contributed by atoms with E-state index in [9.17, 15) is 0 Å². The fraction of sp³-hybridized carbons (Fsp3) is 0. The van der Waals surface area contributed by atoms with Crippen molar-refractivity contribution in [3.05, 3.63) is 0 Å². The molecule has 0 aromatic carbocycles. The zero-order valence-electron chi connectivity index (χ0n) is 3.96. The fourth-order valence-corrected chi connectivity index (χ4v) is 0.300. The predicted octanol–water partition coefficient (Wildman–Crippen LogP) is -0.166. The summed E-state index contributed by atoms with van der Waals surface area (Å²) in [7, 11) is 0. The second-order valence-electron chi connectivity index (χ2n) is 0.465. The van der Waals surface area contributed by atoms with Crippen molar-refractivity contribution in [3.63, 3.8) is 0 Å². The summed E-state index contributed by atoms with van der Waals surface area (Å²) in [6.45, 7) is 0. The van der Waals surface area contributed by atoms with Crippen LogP contribution in [0.5, 0.6) is 0 Å². The van der Waals surface area contributed by atoms with Crippen molar-refractivity contribution < 1.29 is 4.76 Å². The first kappa shape index (κ1) is 4.58. The molecule has 0 aliphatic rings. The summed E-state index contributed by atoms with van der Waals surface area (Å²) < 4.78 is 12.1. The summed E-state index contributed by atoms with van der Waals surface area (Å²) in [4.78, 5) is 0. The molecule has 0 aromatic heterocycles. The van der Waals surface area contributed by atoms with Gasteiger partial charge in [-0.25, -0.2) is 0 Å². The van der Waals surface area contributed by atoms with E-state index in [2.05, 4.69) is 22.9 Å². The van der Waals surface area contributed by atoms with Crippen molar-refractivity contribution in [2.24, 2.45) is 5.90 Å². The Balaban J connectivity index is 3.49. The van der Waals surface area contributed by atoms with E-state index in [1.807, 2.05) is 0 Å². The third-order valence-corrected chi connectivity index (χ3v) is 0.833. The summed E-state index contributed by atoms with van der Waals surface area (Å²) in [5, 5.41) is 0. The quantitative estimate of drug-likeness (QED) is 0.231. The molecule has 0 heterocycles. The number of hydrogen-bond acceptors (Lipinski definition) is 3. The van der Waals surface area contributed by atoms with E-state index in [-0.39, 0.29) is 0 Å². The Morgan fingerprint density at radius 3 is 3.17 bits per heavy atom. The van der Waals surface area contributed by atoms with Gasteiger partial charge in [0.05, 0.1) is 0 Å². The number of rotatable bonds is 2. The minimum absolute atomic E-state index is 0.809. The molecule has 0 fully saturated rings. The summed E-state index contributed by atoms with van der Waals surface area (Å²) >= 11 is 3.56. The van der Waals surface area contributed by atoms with Gasteiger partial charge >= 0.3 is 46.1 Å². The Morgan fingerprint density at radius 2 is 3.00 bits per heavy atom. The first-order valence-electron chi connectivity index (χ1n) is 1.59. The van der Waals surface area contributed by atoms with Crippen LogP contribution in [0.25, 0.3) is 0 Å². The SMILES string of the molecule is [2H]S(=BON)C=S. The molecular weight excluding hydrogens is 117 g/mol. The van der Waals surface area contributed by atoms with Gasteiger partial charge in [0.1, 0.15) is 0 Å². The van der Waals surface area contributed by atoms with Crippen LogP contribution in [-0.4, -0.2) is 12.2 Å². The first-order valence-corrected chi connectivity index (χ1v) is 2.59. The van der Waals surface area contributed by atoms with E-state index in [1.165, 1.54) is 4.70 Å². The van der Waals surface area contributed by atoms with Gasteiger partial charge in [0, 0.05) is 0 Å². The Morgan fingerprint density at radius 1 is 2.33 bits per heavy atom. The summed E-state index contributed by atoms with van der Waals surface area (Å²) in [6, 6.07) is 0. The molecule has 5 heteroatoms. The van der Waals surface area contributed by atoms with Crippen molar-refractivity contribution in [3.8, 4) is 0 Å². The molecule has 0 aliphatic carbocycles. The maximum atomic E-state index is 6.83. The number of hydrogen-bond donors (Lipinski definition) is 2. The van der Waals surface area contributed by atoms with E-state index in [0.29, 0.717) is 0 Å². The molecule has 2 nitrogen and oxygen atoms in total. The summed E-state index contributed by atoms with van der Waals surface area (Å²) in [6.07, 6.45) is 1.16. The minimum atomic E-state index is -0.809. The van der Waals surface area contributed by atoms with Crippen molar-refractivity contribution in [1.29, 1.82) is 1.12 Å². The average Bonchev–Trinajstić information content (AvgIpc) is 1.68. The van der Waals surface area contributed by atoms with E-state index in [0.717, 1.165) is 6.36 Å². The molecule has 0 bridgehead atoms. The molecule has 0 amide bonds. The van der Waals surface area contributed by atoms with E-state index in [1.54, 1.807) is 0 Å². The first-order chi connectivity index (χ1) is 3.31. The van der Waals surface area contributed by atoms with Crippen LogP contribution >= 0.6 is 23.3 Å². The number of nitrogens with two attached hydrogens (primary N) is 1. The van der Waals surface area contributed by atoms with Gasteiger partial charge in [-0.05, 0) is 0 Å². The molecule has 0 radical (unpaired) electrons. The van der Waals surface area contributed by atoms with Crippen LogP contribution in [0.2, 0.25) is 0 Å². The van der Waals surface area contributed by atoms with Gasteiger partial charge in [-0.2, -0.15) is 0 Å². The topological polar surface area (TPSA) is 35.2 Å². The number of thiol groups is 1. The van der Waals surface area contributed by atoms with Crippen LogP contribution in [-0.2, 0) is 4.76 Å². The molecule has 0 aromatic rings. The molecule has 1 atom stereocenters. The van der Waals surface area contributed by atoms with Gasteiger partial charge in [-0.1, -0.05) is 0 Å². The van der Waals surface area contributed by atoms with Crippen LogP contribution < -0.4 is 5.90 Å². The van der Waals surface area contributed by atoms with Gasteiger partial charge in [-0.3, -0.25) is 0 Å². The Hall–Kier alpha value is 0.425. The van der Waals surface area contributed by atoms with Gasteiger partial charge in [0.15, 0.2) is 0 Å². The van der Waals surface area contributed by atoms with Crippen LogP contribution in [0, 0.1) is 0 Å². The molecule has 1 unspecified atom stereocenters. The average molecular weight is 122 g/mol. The van der Waals surface area contributed by atoms with Crippen LogP contribution in [0.4, 0.5) is 0 Å². The second-order valence-corrected chi connectivity index (χ2v) is 1.70. The van der Waals surface area contributed by atoms with Crippen molar-refractivity contribution in [2.45, 2.75) is 0 Å². The van der Waals surface area contributed by atoms with E-state index in [4.69, 9.17) is 1.12 Å². The summed E-state index contributed by atoms with van der Waals surface area (Å²) in [5.74, 6) is 4.57. The van der Waals surface area contributed by atoms with Gasteiger partial charge in [-0.15, -0.1) is 0 Å². The Bertz CT molecular complexity index is 95.7. The zero-order chi connectivity index (χ0) is 5.70. The molecule has 0 saturated heterocycles. The van der Waals surface area contributed by atoms with Crippen molar-refractivity contribution in [2.75, 3.05) is 0 Å². The molecular formula is CH4BNOS2. The van der Waals surface area contributed by atoms with Crippen LogP contribution in [0.3, 0.4) is 0 Å². The molecule has 0 spiro atoms. The van der Waals surface area contributed by atoms with E-state index >= 15 is 0 Å². The fourth-order valence-electron chi connectivity index (χ4n) is 0.0548. The van der Waals surface area contributed by atoms with Crippen molar-refractivity contribution in [1.82, 2.24) is 0 Å². The maximum absolute atomic E-state index is 6.83. The monoisotopic (exact) mass is 122 g/mol. The van der Waals surface area contributed by atoms with Gasteiger partial charge < -0.3 is 0 Å². The molecule has 6 heavy (non-hydrogen) atoms. The standard InChI is InChI=1S/CH4BNOS2/c3-4-2-6-1-5/h1,6H,3H2/i6D. The molecule has 2 N–H and O–H groups in total. The third-order valence-electron chi connectivity index (χ3n) is 0.167. The Labute approximate surface area is 46.8 Å². The van der Waals surface area contributed by atoms with Gasteiger partial charge in [0.25, 0.3) is 0 Å². The Kier molecular flexibility index (Phi) is 4.14. The second kappa shape index (κ2) is 5.42. The predicted molar refractivity (Wildman–Crippen MR) is 33.7 cm³/mol. The molecule has 0 aliphatic heterocycles. The normalized spacial score (nSPS) is 15.2. The number of thiocarbonyl (C=S) groups is 1. The van der Waals surface area contributed by atoms with Crippen molar-refractivity contribution >= 4 is 34.4 Å². The van der Waals surface area contributed by atoms with Crippen LogP contribution in [0.15, 0.2) is 0 Å². The molecule has 0 saturated carbocycles. The van der Waals surface area contributed by atoms with Gasteiger partial charge in [0.2, 0.25) is 0 Å². The third kappa shape index (κ3) is 4.42. The molecule has 0 rings (SSSR count).